The van der Waals surface area contributed by atoms with E-state index >= 15 is 0 Å². The number of piperidine rings is 1. The van der Waals surface area contributed by atoms with Crippen LogP contribution in [0.2, 0.25) is 0 Å². The second kappa shape index (κ2) is 7.25. The molecule has 8 heteroatoms. The minimum absolute atomic E-state index is 0.0300. The first-order valence-corrected chi connectivity index (χ1v) is 8.59. The highest BCUT2D eigenvalue weighted by molar-refractivity contribution is 5.86. The summed E-state index contributed by atoms with van der Waals surface area (Å²) in [5.74, 6) is -0.540. The average molecular weight is 357 g/mol. The number of hydrogen-bond donors (Lipinski definition) is 1. The summed E-state index contributed by atoms with van der Waals surface area (Å²) < 4.78 is 0. The van der Waals surface area contributed by atoms with E-state index in [1.54, 1.807) is 13.2 Å². The molecular weight excluding hydrogens is 334 g/mol. The molecule has 1 aliphatic rings. The summed E-state index contributed by atoms with van der Waals surface area (Å²) in [5.41, 5.74) is -0.100. The van der Waals surface area contributed by atoms with Crippen LogP contribution >= 0.6 is 0 Å². The molecular formula is C18H23N5O3. The number of aromatic nitrogens is 3. The molecule has 26 heavy (non-hydrogen) atoms. The van der Waals surface area contributed by atoms with E-state index in [9.17, 15) is 14.7 Å². The smallest absolute Gasteiger partial charge is 0.256 e. The van der Waals surface area contributed by atoms with Crippen LogP contribution in [0.25, 0.3) is 5.69 Å². The summed E-state index contributed by atoms with van der Waals surface area (Å²) in [6.07, 6.45) is 2.54. The summed E-state index contributed by atoms with van der Waals surface area (Å²) in [5, 5.41) is 19.4. The van der Waals surface area contributed by atoms with Crippen molar-refractivity contribution >= 4 is 11.8 Å². The number of hydrogen-bond acceptors (Lipinski definition) is 5. The zero-order valence-corrected chi connectivity index (χ0v) is 15.0. The van der Waals surface area contributed by atoms with Crippen molar-refractivity contribution < 1.29 is 14.7 Å². The van der Waals surface area contributed by atoms with Gasteiger partial charge in [-0.2, -0.15) is 15.0 Å². The van der Waals surface area contributed by atoms with Crippen molar-refractivity contribution in [1.82, 2.24) is 24.8 Å². The van der Waals surface area contributed by atoms with Gasteiger partial charge in [-0.15, -0.1) is 0 Å². The number of carbonyl (C=O) groups excluding carboxylic acids is 2. The molecule has 1 saturated heterocycles. The van der Waals surface area contributed by atoms with Crippen LogP contribution in [0.1, 0.15) is 25.5 Å². The van der Waals surface area contributed by atoms with Crippen molar-refractivity contribution in [2.45, 2.75) is 31.9 Å². The van der Waals surface area contributed by atoms with E-state index in [1.165, 1.54) is 21.5 Å². The third-order valence-electron chi connectivity index (χ3n) is 4.59. The number of likely N-dealkylation sites (N-methyl/N-ethyl adjacent to an activating group) is 1. The number of likely N-dealkylation sites (tertiary alicyclic amines) is 1. The van der Waals surface area contributed by atoms with E-state index in [0.717, 1.165) is 5.69 Å². The lowest BCUT2D eigenvalue weighted by Crippen LogP contribution is -2.58. The van der Waals surface area contributed by atoms with Crippen molar-refractivity contribution in [3.63, 3.8) is 0 Å². The van der Waals surface area contributed by atoms with Crippen LogP contribution in [0.15, 0.2) is 36.5 Å². The molecule has 2 aromatic rings. The molecule has 138 valence electrons. The van der Waals surface area contributed by atoms with Crippen molar-refractivity contribution in [2.24, 2.45) is 0 Å². The summed E-state index contributed by atoms with van der Waals surface area (Å²) in [6, 6.07) is 9.48. The fourth-order valence-electron chi connectivity index (χ4n) is 3.20. The van der Waals surface area contributed by atoms with E-state index in [-0.39, 0.29) is 19.0 Å². The molecule has 0 saturated carbocycles. The van der Waals surface area contributed by atoms with Crippen LogP contribution in [-0.2, 0) is 16.1 Å². The Kier molecular flexibility index (Phi) is 5.03. The molecule has 0 spiro atoms. The van der Waals surface area contributed by atoms with Crippen LogP contribution in [0, 0.1) is 0 Å². The fraction of sp³-hybridized carbons (Fsp3) is 0.444. The fourth-order valence-corrected chi connectivity index (χ4v) is 3.20. The Hall–Kier alpha value is -2.74. The molecule has 8 nitrogen and oxygen atoms in total. The van der Waals surface area contributed by atoms with Crippen molar-refractivity contribution in [3.8, 4) is 5.69 Å². The van der Waals surface area contributed by atoms with Gasteiger partial charge in [-0.3, -0.25) is 9.59 Å². The van der Waals surface area contributed by atoms with Gasteiger partial charge in [0.15, 0.2) is 5.60 Å². The SMILES string of the molecule is CC(=O)N1CCCC(O)(C(=O)N(C)Cc2cnn(-c3ccccc3)n2)C1. The molecule has 1 atom stereocenters. The van der Waals surface area contributed by atoms with E-state index in [0.29, 0.717) is 25.1 Å². The summed E-state index contributed by atoms with van der Waals surface area (Å²) in [7, 11) is 1.62. The highest BCUT2D eigenvalue weighted by Gasteiger charge is 2.42. The number of β-amino-alcohol motifs (C(OH)–C–C–N with tert-alkyl or cyclic N) is 1. The molecule has 0 radical (unpaired) electrons. The molecule has 0 aliphatic carbocycles. The van der Waals surface area contributed by atoms with Gasteiger partial charge < -0.3 is 14.9 Å². The number of para-hydroxylation sites is 1. The topological polar surface area (TPSA) is 91.6 Å². The van der Waals surface area contributed by atoms with Gasteiger partial charge in [0.1, 0.15) is 5.69 Å². The number of aliphatic hydroxyl groups is 1. The highest BCUT2D eigenvalue weighted by atomic mass is 16.3. The van der Waals surface area contributed by atoms with Crippen LogP contribution in [0.4, 0.5) is 0 Å². The van der Waals surface area contributed by atoms with Gasteiger partial charge in [0.05, 0.1) is 25.0 Å². The van der Waals surface area contributed by atoms with E-state index in [4.69, 9.17) is 0 Å². The summed E-state index contributed by atoms with van der Waals surface area (Å²) >= 11 is 0. The molecule has 1 fully saturated rings. The molecule has 1 unspecified atom stereocenters. The number of rotatable bonds is 4. The van der Waals surface area contributed by atoms with Crippen LogP contribution in [-0.4, -0.2) is 67.5 Å². The minimum Gasteiger partial charge on any atom is -0.378 e. The predicted octanol–water partition coefficient (Wildman–Crippen LogP) is 0.599. The normalized spacial score (nSPS) is 20.0. The number of carbonyl (C=O) groups is 2. The number of benzene rings is 1. The summed E-state index contributed by atoms with van der Waals surface area (Å²) in [4.78, 5) is 28.8. The van der Waals surface area contributed by atoms with Crippen LogP contribution in [0.5, 0.6) is 0 Å². The second-order valence-corrected chi connectivity index (χ2v) is 6.70. The Labute approximate surface area is 152 Å². The molecule has 1 aromatic carbocycles. The van der Waals surface area contributed by atoms with Gasteiger partial charge >= 0.3 is 0 Å². The maximum absolute atomic E-state index is 12.8. The Morgan fingerprint density at radius 2 is 2.04 bits per heavy atom. The lowest BCUT2D eigenvalue weighted by molar-refractivity contribution is -0.159. The van der Waals surface area contributed by atoms with Crippen molar-refractivity contribution in [1.29, 1.82) is 0 Å². The van der Waals surface area contributed by atoms with E-state index in [2.05, 4.69) is 10.2 Å². The van der Waals surface area contributed by atoms with Gasteiger partial charge in [0, 0.05) is 20.5 Å². The number of nitrogens with zero attached hydrogens (tertiary/aromatic N) is 5. The Bertz CT molecular complexity index is 791. The lowest BCUT2D eigenvalue weighted by Gasteiger charge is -2.39. The van der Waals surface area contributed by atoms with Gasteiger partial charge in [-0.1, -0.05) is 18.2 Å². The zero-order valence-electron chi connectivity index (χ0n) is 15.0. The van der Waals surface area contributed by atoms with Crippen LogP contribution < -0.4 is 0 Å². The third kappa shape index (κ3) is 3.75. The van der Waals surface area contributed by atoms with E-state index < -0.39 is 11.5 Å². The van der Waals surface area contributed by atoms with Gasteiger partial charge in [-0.25, -0.2) is 0 Å². The van der Waals surface area contributed by atoms with Gasteiger partial charge in [0.25, 0.3) is 5.91 Å². The van der Waals surface area contributed by atoms with Crippen molar-refractivity contribution in [2.75, 3.05) is 20.1 Å². The first-order chi connectivity index (χ1) is 12.4. The highest BCUT2D eigenvalue weighted by Crippen LogP contribution is 2.24. The van der Waals surface area contributed by atoms with E-state index in [1.807, 2.05) is 30.3 Å². The third-order valence-corrected chi connectivity index (χ3v) is 4.59. The quantitative estimate of drug-likeness (QED) is 0.865. The first-order valence-electron chi connectivity index (χ1n) is 8.59. The molecule has 3 rings (SSSR count). The van der Waals surface area contributed by atoms with Crippen LogP contribution in [0.3, 0.4) is 0 Å². The zero-order chi connectivity index (χ0) is 18.7. The standard InChI is InChI=1S/C18H23N5O3/c1-14(24)22-10-6-9-18(26,13-22)17(25)21(2)12-15-11-19-23(20-15)16-7-4-3-5-8-16/h3-5,7-8,11,26H,6,9-10,12-13H2,1-2H3. The molecule has 1 N–H and O–H groups in total. The van der Waals surface area contributed by atoms with Gasteiger partial charge in [0.2, 0.25) is 5.91 Å². The van der Waals surface area contributed by atoms with Gasteiger partial charge in [-0.05, 0) is 25.0 Å². The first kappa shape index (κ1) is 18.1. The monoisotopic (exact) mass is 357 g/mol. The second-order valence-electron chi connectivity index (χ2n) is 6.70. The molecule has 1 aromatic heterocycles. The largest absolute Gasteiger partial charge is 0.378 e. The molecule has 2 amide bonds. The Morgan fingerprint density at radius 1 is 1.31 bits per heavy atom. The average Bonchev–Trinajstić information content (AvgIpc) is 3.10. The predicted molar refractivity (Wildman–Crippen MR) is 94.3 cm³/mol. The minimum atomic E-state index is -1.55. The summed E-state index contributed by atoms with van der Waals surface area (Å²) in [6.45, 7) is 2.28. The number of amides is 2. The molecule has 0 bridgehead atoms. The molecule has 1 aliphatic heterocycles. The Morgan fingerprint density at radius 3 is 2.73 bits per heavy atom. The Balaban J connectivity index is 1.68. The molecule has 2 heterocycles. The maximum atomic E-state index is 12.8. The lowest BCUT2D eigenvalue weighted by atomic mass is 9.91. The van der Waals surface area contributed by atoms with Crippen molar-refractivity contribution in [3.05, 3.63) is 42.2 Å². The maximum Gasteiger partial charge on any atom is 0.256 e.